The Morgan fingerprint density at radius 1 is 0.857 bits per heavy atom. The molecular formula is C21H14ClN3O2S. The molecule has 0 aliphatic carbocycles. The van der Waals surface area contributed by atoms with E-state index in [1.807, 2.05) is 42.5 Å². The third-order valence-electron chi connectivity index (χ3n) is 4.10. The first-order valence-corrected chi connectivity index (χ1v) is 9.67. The zero-order valence-electron chi connectivity index (χ0n) is 14.5. The van der Waals surface area contributed by atoms with Crippen molar-refractivity contribution in [2.45, 2.75) is 0 Å². The standard InChI is InChI=1S/C21H14ClN3O2S/c22-15-10-8-14(9-11-15)19(26)25-21-24-18(12-28-21)20(27)23-17-7-3-5-13-4-1-2-6-16(13)17/h1-12H,(H,23,27)(H,24,25,26). The molecule has 138 valence electrons. The lowest BCUT2D eigenvalue weighted by Crippen LogP contribution is -2.14. The van der Waals surface area contributed by atoms with Crippen molar-refractivity contribution in [2.24, 2.45) is 0 Å². The van der Waals surface area contributed by atoms with Crippen LogP contribution in [0, 0.1) is 0 Å². The van der Waals surface area contributed by atoms with E-state index in [2.05, 4.69) is 15.6 Å². The Morgan fingerprint density at radius 3 is 2.43 bits per heavy atom. The van der Waals surface area contributed by atoms with Gasteiger partial charge in [0.1, 0.15) is 5.69 Å². The van der Waals surface area contributed by atoms with Crippen molar-refractivity contribution in [1.82, 2.24) is 4.98 Å². The van der Waals surface area contributed by atoms with Crippen molar-refractivity contribution in [3.8, 4) is 0 Å². The molecule has 0 spiro atoms. The number of fused-ring (bicyclic) bond motifs is 1. The average Bonchev–Trinajstić information content (AvgIpc) is 3.17. The average molecular weight is 408 g/mol. The van der Waals surface area contributed by atoms with Crippen LogP contribution in [0.1, 0.15) is 20.8 Å². The number of hydrogen-bond acceptors (Lipinski definition) is 4. The maximum Gasteiger partial charge on any atom is 0.275 e. The SMILES string of the molecule is O=C(Nc1nc(C(=O)Nc2cccc3ccccc23)cs1)c1ccc(Cl)cc1. The lowest BCUT2D eigenvalue weighted by molar-refractivity contribution is 0.101. The van der Waals surface area contributed by atoms with Crippen LogP contribution < -0.4 is 10.6 Å². The first-order chi connectivity index (χ1) is 13.6. The molecule has 0 unspecified atom stereocenters. The van der Waals surface area contributed by atoms with Crippen molar-refractivity contribution in [1.29, 1.82) is 0 Å². The Hall–Kier alpha value is -3.22. The van der Waals surface area contributed by atoms with Gasteiger partial charge in [-0.15, -0.1) is 11.3 Å². The highest BCUT2D eigenvalue weighted by atomic mass is 35.5. The molecule has 3 aromatic carbocycles. The van der Waals surface area contributed by atoms with Crippen molar-refractivity contribution in [3.05, 3.63) is 88.4 Å². The Morgan fingerprint density at radius 2 is 1.61 bits per heavy atom. The van der Waals surface area contributed by atoms with Crippen molar-refractivity contribution in [2.75, 3.05) is 10.6 Å². The molecule has 0 aliphatic rings. The first kappa shape index (κ1) is 18.2. The number of anilines is 2. The van der Waals surface area contributed by atoms with Crippen LogP contribution in [0.3, 0.4) is 0 Å². The van der Waals surface area contributed by atoms with Crippen LogP contribution >= 0.6 is 22.9 Å². The molecule has 1 aromatic heterocycles. The monoisotopic (exact) mass is 407 g/mol. The maximum atomic E-state index is 12.6. The van der Waals surface area contributed by atoms with E-state index in [0.717, 1.165) is 10.8 Å². The number of nitrogens with one attached hydrogen (secondary N) is 2. The highest BCUT2D eigenvalue weighted by Gasteiger charge is 2.14. The summed E-state index contributed by atoms with van der Waals surface area (Å²) in [7, 11) is 0. The molecule has 0 atom stereocenters. The summed E-state index contributed by atoms with van der Waals surface area (Å²) in [6, 6.07) is 20.0. The number of benzene rings is 3. The zero-order valence-corrected chi connectivity index (χ0v) is 16.1. The van der Waals surface area contributed by atoms with Crippen LogP contribution in [-0.4, -0.2) is 16.8 Å². The molecule has 2 amide bonds. The minimum atomic E-state index is -0.334. The lowest BCUT2D eigenvalue weighted by Gasteiger charge is -2.07. The number of amides is 2. The minimum Gasteiger partial charge on any atom is -0.320 e. The quantitative estimate of drug-likeness (QED) is 0.472. The molecule has 4 aromatic rings. The van der Waals surface area contributed by atoms with E-state index in [1.54, 1.807) is 29.6 Å². The number of carbonyl (C=O) groups excluding carboxylic acids is 2. The van der Waals surface area contributed by atoms with Crippen LogP contribution in [0.4, 0.5) is 10.8 Å². The van der Waals surface area contributed by atoms with Gasteiger partial charge in [-0.05, 0) is 35.7 Å². The molecule has 0 saturated carbocycles. The second-order valence-electron chi connectivity index (χ2n) is 5.98. The normalized spacial score (nSPS) is 10.6. The molecule has 0 radical (unpaired) electrons. The number of hydrogen-bond donors (Lipinski definition) is 2. The van der Waals surface area contributed by atoms with E-state index < -0.39 is 0 Å². The summed E-state index contributed by atoms with van der Waals surface area (Å²) in [6.07, 6.45) is 0. The predicted octanol–water partition coefficient (Wildman–Crippen LogP) is 5.45. The second-order valence-corrected chi connectivity index (χ2v) is 7.27. The Kier molecular flexibility index (Phi) is 5.06. The maximum absolute atomic E-state index is 12.6. The van der Waals surface area contributed by atoms with Gasteiger partial charge in [-0.25, -0.2) is 4.98 Å². The van der Waals surface area contributed by atoms with Gasteiger partial charge in [-0.2, -0.15) is 0 Å². The Labute approximate surface area is 170 Å². The zero-order chi connectivity index (χ0) is 19.5. The van der Waals surface area contributed by atoms with Gasteiger partial charge in [0.25, 0.3) is 11.8 Å². The first-order valence-electron chi connectivity index (χ1n) is 8.42. The fourth-order valence-corrected chi connectivity index (χ4v) is 3.54. The van der Waals surface area contributed by atoms with E-state index in [0.29, 0.717) is 21.4 Å². The van der Waals surface area contributed by atoms with Crippen LogP contribution in [-0.2, 0) is 0 Å². The van der Waals surface area contributed by atoms with Gasteiger partial charge in [0, 0.05) is 27.0 Å². The van der Waals surface area contributed by atoms with Gasteiger partial charge in [0.05, 0.1) is 0 Å². The van der Waals surface area contributed by atoms with Crippen molar-refractivity contribution < 1.29 is 9.59 Å². The van der Waals surface area contributed by atoms with Crippen LogP contribution in [0.15, 0.2) is 72.1 Å². The fourth-order valence-electron chi connectivity index (χ4n) is 2.73. The van der Waals surface area contributed by atoms with Crippen molar-refractivity contribution >= 4 is 56.3 Å². The van der Waals surface area contributed by atoms with E-state index in [-0.39, 0.29) is 17.5 Å². The summed E-state index contributed by atoms with van der Waals surface area (Å²) in [6.45, 7) is 0. The number of thiazole rings is 1. The van der Waals surface area contributed by atoms with Crippen LogP contribution in [0.5, 0.6) is 0 Å². The van der Waals surface area contributed by atoms with E-state index in [4.69, 9.17) is 11.6 Å². The molecule has 1 heterocycles. The summed E-state index contributed by atoms with van der Waals surface area (Å²) < 4.78 is 0. The second kappa shape index (κ2) is 7.80. The molecule has 2 N–H and O–H groups in total. The summed E-state index contributed by atoms with van der Waals surface area (Å²) in [5.41, 5.74) is 1.41. The molecule has 0 fully saturated rings. The van der Waals surface area contributed by atoms with Crippen LogP contribution in [0.25, 0.3) is 10.8 Å². The summed E-state index contributed by atoms with van der Waals surface area (Å²) in [5.74, 6) is -0.647. The number of rotatable bonds is 4. The molecule has 0 bridgehead atoms. The third kappa shape index (κ3) is 3.88. The molecule has 5 nitrogen and oxygen atoms in total. The summed E-state index contributed by atoms with van der Waals surface area (Å²) >= 11 is 7.02. The van der Waals surface area contributed by atoms with Crippen LogP contribution in [0.2, 0.25) is 5.02 Å². The largest absolute Gasteiger partial charge is 0.320 e. The molecule has 0 aliphatic heterocycles. The molecule has 0 saturated heterocycles. The number of carbonyl (C=O) groups is 2. The van der Waals surface area contributed by atoms with Crippen molar-refractivity contribution in [3.63, 3.8) is 0 Å². The highest BCUT2D eigenvalue weighted by Crippen LogP contribution is 2.24. The predicted molar refractivity (Wildman–Crippen MR) is 113 cm³/mol. The summed E-state index contributed by atoms with van der Waals surface area (Å²) in [4.78, 5) is 29.0. The lowest BCUT2D eigenvalue weighted by atomic mass is 10.1. The fraction of sp³-hybridized carbons (Fsp3) is 0. The topological polar surface area (TPSA) is 71.1 Å². The van der Waals surface area contributed by atoms with Gasteiger partial charge in [-0.3, -0.25) is 14.9 Å². The van der Waals surface area contributed by atoms with E-state index >= 15 is 0 Å². The van der Waals surface area contributed by atoms with Gasteiger partial charge in [-0.1, -0.05) is 48.0 Å². The smallest absolute Gasteiger partial charge is 0.275 e. The van der Waals surface area contributed by atoms with Gasteiger partial charge >= 0.3 is 0 Å². The number of aromatic nitrogens is 1. The third-order valence-corrected chi connectivity index (χ3v) is 5.11. The van der Waals surface area contributed by atoms with E-state index in [1.165, 1.54) is 11.3 Å². The highest BCUT2D eigenvalue weighted by molar-refractivity contribution is 7.14. The minimum absolute atomic E-state index is 0.240. The number of halogens is 1. The molecular weight excluding hydrogens is 394 g/mol. The summed E-state index contributed by atoms with van der Waals surface area (Å²) in [5, 5.41) is 10.1. The van der Waals surface area contributed by atoms with Gasteiger partial charge < -0.3 is 5.32 Å². The Balaban J connectivity index is 1.48. The molecule has 28 heavy (non-hydrogen) atoms. The molecule has 4 rings (SSSR count). The van der Waals surface area contributed by atoms with E-state index in [9.17, 15) is 9.59 Å². The van der Waals surface area contributed by atoms with Gasteiger partial charge in [0.2, 0.25) is 0 Å². The van der Waals surface area contributed by atoms with Gasteiger partial charge in [0.15, 0.2) is 5.13 Å². The molecule has 7 heteroatoms. The number of nitrogens with zero attached hydrogens (tertiary/aromatic N) is 1. The Bertz CT molecular complexity index is 1170.